The molecule has 1 aliphatic heterocycles. The Labute approximate surface area is 111 Å². The van der Waals surface area contributed by atoms with Gasteiger partial charge in [-0.3, -0.25) is 0 Å². The summed E-state index contributed by atoms with van der Waals surface area (Å²) in [5.41, 5.74) is 0. The average molecular weight is 259 g/mol. The molecule has 0 bridgehead atoms. The Hall–Kier alpha value is -1.29. The zero-order chi connectivity index (χ0) is 12.2. The predicted molar refractivity (Wildman–Crippen MR) is 78.1 cm³/mol. The number of hydrogen-bond acceptors (Lipinski definition) is 4. The van der Waals surface area contributed by atoms with E-state index in [1.165, 1.54) is 25.0 Å². The summed E-state index contributed by atoms with van der Waals surface area (Å²) < 4.78 is 0. The minimum absolute atomic E-state index is 0.722. The summed E-state index contributed by atoms with van der Waals surface area (Å²) in [6.07, 6.45) is 5.86. The fourth-order valence-corrected chi connectivity index (χ4v) is 3.58. The van der Waals surface area contributed by atoms with Gasteiger partial charge in [0.2, 0.25) is 0 Å². The molecule has 3 rings (SSSR count). The number of fused-ring (bicyclic) bond motifs is 1. The summed E-state index contributed by atoms with van der Waals surface area (Å²) in [6, 6.07) is 8.25. The second kappa shape index (κ2) is 5.57. The third kappa shape index (κ3) is 2.58. The molecule has 2 heterocycles. The van der Waals surface area contributed by atoms with Gasteiger partial charge in [-0.25, -0.2) is 0 Å². The molecule has 1 saturated heterocycles. The number of nitrogens with zero attached hydrogens (tertiary/aromatic N) is 2. The van der Waals surface area contributed by atoms with Crippen LogP contribution in [0.5, 0.6) is 0 Å². The number of thioether (sulfide) groups is 1. The second-order valence-electron chi connectivity index (χ2n) is 4.65. The standard InChI is InChI=1S/C14H17N3S/c1-2-7-13-11(5-1)9-16-17-14(13)15-10-12-6-3-4-8-18-12/h1-2,5,7,9,12H,3-4,6,8,10H2,(H,15,17). The molecule has 1 unspecified atom stereocenters. The lowest BCUT2D eigenvalue weighted by Crippen LogP contribution is -2.20. The van der Waals surface area contributed by atoms with Gasteiger partial charge in [0.25, 0.3) is 0 Å². The largest absolute Gasteiger partial charge is 0.367 e. The fraction of sp³-hybridized carbons (Fsp3) is 0.429. The monoisotopic (exact) mass is 259 g/mol. The van der Waals surface area contributed by atoms with E-state index in [2.05, 4.69) is 39.4 Å². The van der Waals surface area contributed by atoms with Gasteiger partial charge in [0.1, 0.15) is 0 Å². The van der Waals surface area contributed by atoms with Gasteiger partial charge >= 0.3 is 0 Å². The van der Waals surface area contributed by atoms with Crippen LogP contribution in [0.15, 0.2) is 30.5 Å². The molecule has 1 atom stereocenters. The van der Waals surface area contributed by atoms with Gasteiger partial charge in [0, 0.05) is 22.6 Å². The van der Waals surface area contributed by atoms with Gasteiger partial charge < -0.3 is 5.32 Å². The van der Waals surface area contributed by atoms with Gasteiger partial charge in [-0.15, -0.1) is 5.10 Å². The highest BCUT2D eigenvalue weighted by molar-refractivity contribution is 7.99. The minimum atomic E-state index is 0.722. The maximum absolute atomic E-state index is 4.22. The van der Waals surface area contributed by atoms with Crippen molar-refractivity contribution in [2.45, 2.75) is 24.5 Å². The molecule has 1 aromatic carbocycles. The maximum Gasteiger partial charge on any atom is 0.156 e. The Bertz CT molecular complexity index is 518. The number of aromatic nitrogens is 2. The van der Waals surface area contributed by atoms with Crippen molar-refractivity contribution in [2.24, 2.45) is 0 Å². The Balaban J connectivity index is 1.74. The fourth-order valence-electron chi connectivity index (χ4n) is 2.34. The highest BCUT2D eigenvalue weighted by Gasteiger charge is 2.14. The number of hydrogen-bond donors (Lipinski definition) is 1. The summed E-state index contributed by atoms with van der Waals surface area (Å²) in [4.78, 5) is 0. The Morgan fingerprint density at radius 1 is 1.28 bits per heavy atom. The Morgan fingerprint density at radius 2 is 2.22 bits per heavy atom. The molecule has 1 fully saturated rings. The topological polar surface area (TPSA) is 37.8 Å². The molecule has 94 valence electrons. The van der Waals surface area contributed by atoms with E-state index in [0.717, 1.165) is 28.4 Å². The van der Waals surface area contributed by atoms with Crippen LogP contribution in [0.4, 0.5) is 5.82 Å². The Morgan fingerprint density at radius 3 is 3.11 bits per heavy atom. The summed E-state index contributed by atoms with van der Waals surface area (Å²) in [5.74, 6) is 2.22. The third-order valence-electron chi connectivity index (χ3n) is 3.34. The van der Waals surface area contributed by atoms with E-state index in [0.29, 0.717) is 0 Å². The van der Waals surface area contributed by atoms with Crippen LogP contribution in [0.3, 0.4) is 0 Å². The summed E-state index contributed by atoms with van der Waals surface area (Å²) >= 11 is 2.08. The van der Waals surface area contributed by atoms with E-state index in [-0.39, 0.29) is 0 Å². The van der Waals surface area contributed by atoms with E-state index in [1.807, 2.05) is 18.3 Å². The number of benzene rings is 1. The molecular formula is C14H17N3S. The highest BCUT2D eigenvalue weighted by Crippen LogP contribution is 2.26. The maximum atomic E-state index is 4.22. The lowest BCUT2D eigenvalue weighted by Gasteiger charge is -2.21. The normalized spacial score (nSPS) is 19.9. The summed E-state index contributed by atoms with van der Waals surface area (Å²) in [7, 11) is 0. The van der Waals surface area contributed by atoms with Gasteiger partial charge in [-0.2, -0.15) is 16.9 Å². The van der Waals surface area contributed by atoms with Crippen LogP contribution in [-0.2, 0) is 0 Å². The molecule has 1 aliphatic rings. The zero-order valence-corrected chi connectivity index (χ0v) is 11.1. The molecule has 1 aromatic heterocycles. The molecule has 0 radical (unpaired) electrons. The smallest absolute Gasteiger partial charge is 0.156 e. The molecule has 1 N–H and O–H groups in total. The first kappa shape index (κ1) is 11.8. The first-order valence-corrected chi connectivity index (χ1v) is 7.54. The third-order valence-corrected chi connectivity index (χ3v) is 4.74. The van der Waals surface area contributed by atoms with Crippen LogP contribution in [0.1, 0.15) is 19.3 Å². The first-order valence-electron chi connectivity index (χ1n) is 6.49. The van der Waals surface area contributed by atoms with Crippen LogP contribution in [0.25, 0.3) is 10.8 Å². The van der Waals surface area contributed by atoms with Crippen molar-refractivity contribution in [3.63, 3.8) is 0 Å². The average Bonchev–Trinajstić information content (AvgIpc) is 2.46. The van der Waals surface area contributed by atoms with Crippen molar-refractivity contribution in [3.8, 4) is 0 Å². The van der Waals surface area contributed by atoms with Crippen LogP contribution >= 0.6 is 11.8 Å². The number of anilines is 1. The Kier molecular flexibility index (Phi) is 3.64. The second-order valence-corrected chi connectivity index (χ2v) is 6.06. The molecule has 0 saturated carbocycles. The van der Waals surface area contributed by atoms with Crippen molar-refractivity contribution in [1.29, 1.82) is 0 Å². The molecule has 0 amide bonds. The molecular weight excluding hydrogens is 242 g/mol. The molecule has 4 heteroatoms. The molecule has 18 heavy (non-hydrogen) atoms. The summed E-state index contributed by atoms with van der Waals surface area (Å²) in [6.45, 7) is 0.993. The van der Waals surface area contributed by atoms with E-state index >= 15 is 0 Å². The van der Waals surface area contributed by atoms with Gasteiger partial charge in [-0.05, 0) is 18.6 Å². The van der Waals surface area contributed by atoms with E-state index < -0.39 is 0 Å². The van der Waals surface area contributed by atoms with Crippen molar-refractivity contribution < 1.29 is 0 Å². The van der Waals surface area contributed by atoms with Crippen molar-refractivity contribution in [1.82, 2.24) is 10.2 Å². The van der Waals surface area contributed by atoms with Gasteiger partial charge in [0.05, 0.1) is 6.20 Å². The number of rotatable bonds is 3. The SMILES string of the molecule is c1ccc2c(NCC3CCCCS3)nncc2c1. The van der Waals surface area contributed by atoms with Crippen LogP contribution in [0, 0.1) is 0 Å². The van der Waals surface area contributed by atoms with Gasteiger partial charge in [0.15, 0.2) is 5.82 Å². The van der Waals surface area contributed by atoms with Crippen molar-refractivity contribution >= 4 is 28.4 Å². The van der Waals surface area contributed by atoms with Crippen molar-refractivity contribution in [3.05, 3.63) is 30.5 Å². The quantitative estimate of drug-likeness (QED) is 0.917. The zero-order valence-electron chi connectivity index (χ0n) is 10.3. The van der Waals surface area contributed by atoms with E-state index in [4.69, 9.17) is 0 Å². The minimum Gasteiger partial charge on any atom is -0.367 e. The summed E-state index contributed by atoms with van der Waals surface area (Å²) in [5, 5.41) is 14.8. The molecule has 3 nitrogen and oxygen atoms in total. The lowest BCUT2D eigenvalue weighted by molar-refractivity contribution is 0.677. The molecule has 2 aromatic rings. The molecule has 0 spiro atoms. The van der Waals surface area contributed by atoms with E-state index in [1.54, 1.807) is 0 Å². The van der Waals surface area contributed by atoms with Crippen LogP contribution < -0.4 is 5.32 Å². The highest BCUT2D eigenvalue weighted by atomic mass is 32.2. The van der Waals surface area contributed by atoms with Crippen LogP contribution in [-0.4, -0.2) is 27.7 Å². The lowest BCUT2D eigenvalue weighted by atomic mass is 10.1. The van der Waals surface area contributed by atoms with Gasteiger partial charge in [-0.1, -0.05) is 30.7 Å². The van der Waals surface area contributed by atoms with Crippen molar-refractivity contribution in [2.75, 3.05) is 17.6 Å². The first-order chi connectivity index (χ1) is 8.93. The van der Waals surface area contributed by atoms with Crippen LogP contribution in [0.2, 0.25) is 0 Å². The predicted octanol–water partition coefficient (Wildman–Crippen LogP) is 3.33. The number of nitrogens with one attached hydrogen (secondary N) is 1. The van der Waals surface area contributed by atoms with E-state index in [9.17, 15) is 0 Å². The molecule has 0 aliphatic carbocycles.